The molecule has 6 heteroatoms. The average molecular weight is 326 g/mol. The summed E-state index contributed by atoms with van der Waals surface area (Å²) in [4.78, 5) is 10.9. The van der Waals surface area contributed by atoms with Gasteiger partial charge in [-0.05, 0) is 49.7 Å². The first kappa shape index (κ1) is 15.2. The van der Waals surface area contributed by atoms with E-state index in [0.717, 1.165) is 6.54 Å². The van der Waals surface area contributed by atoms with Crippen molar-refractivity contribution in [2.45, 2.75) is 38.0 Å². The van der Waals surface area contributed by atoms with Crippen LogP contribution in [-0.4, -0.2) is 21.2 Å². The summed E-state index contributed by atoms with van der Waals surface area (Å²) in [6.45, 7) is 2.44. The fraction of sp³-hybridized carbons (Fsp3) is 0.500. The fourth-order valence-electron chi connectivity index (χ4n) is 4.52. The van der Waals surface area contributed by atoms with Crippen LogP contribution in [0.4, 0.5) is 11.5 Å². The normalized spacial score (nSPS) is 24.7. The first-order valence-corrected chi connectivity index (χ1v) is 8.53. The highest BCUT2D eigenvalue weighted by molar-refractivity contribution is 5.59. The third kappa shape index (κ3) is 2.20. The lowest BCUT2D eigenvalue weighted by atomic mass is 9.78. The number of anilines is 1. The number of nitrogens with one attached hydrogen (secondary N) is 1. The number of fused-ring (bicyclic) bond motifs is 2. The second kappa shape index (κ2) is 5.33. The zero-order valence-corrected chi connectivity index (χ0v) is 14.1. The molecule has 126 valence electrons. The van der Waals surface area contributed by atoms with E-state index < -0.39 is 0 Å². The van der Waals surface area contributed by atoms with E-state index in [9.17, 15) is 10.1 Å². The molecule has 0 radical (unpaired) electrons. The Labute approximate surface area is 141 Å². The molecule has 6 nitrogen and oxygen atoms in total. The SMILES string of the molecule is Cc1nn(C)c(NCC2CC23CCCc2ccccc23)c1[N+](=O)[O-]. The molecule has 1 spiro atoms. The summed E-state index contributed by atoms with van der Waals surface area (Å²) in [7, 11) is 1.75. The molecular formula is C18H22N4O2. The number of aryl methyl sites for hydroxylation is 3. The van der Waals surface area contributed by atoms with Crippen molar-refractivity contribution >= 4 is 11.5 Å². The number of nitro groups is 1. The van der Waals surface area contributed by atoms with E-state index in [4.69, 9.17) is 0 Å². The highest BCUT2D eigenvalue weighted by Crippen LogP contribution is 2.60. The van der Waals surface area contributed by atoms with Gasteiger partial charge in [-0.1, -0.05) is 24.3 Å². The van der Waals surface area contributed by atoms with Crippen molar-refractivity contribution in [2.24, 2.45) is 13.0 Å². The number of aromatic nitrogens is 2. The Morgan fingerprint density at radius 1 is 1.46 bits per heavy atom. The van der Waals surface area contributed by atoms with Gasteiger partial charge in [-0.25, -0.2) is 4.68 Å². The maximum absolute atomic E-state index is 11.3. The van der Waals surface area contributed by atoms with Gasteiger partial charge >= 0.3 is 5.69 Å². The molecular weight excluding hydrogens is 304 g/mol. The maximum Gasteiger partial charge on any atom is 0.333 e. The predicted molar refractivity (Wildman–Crippen MR) is 92.3 cm³/mol. The lowest BCUT2D eigenvalue weighted by molar-refractivity contribution is -0.384. The van der Waals surface area contributed by atoms with Crippen molar-refractivity contribution in [3.05, 3.63) is 51.2 Å². The summed E-state index contributed by atoms with van der Waals surface area (Å²) < 4.78 is 1.58. The molecule has 4 rings (SSSR count). The molecule has 2 atom stereocenters. The van der Waals surface area contributed by atoms with Crippen molar-refractivity contribution in [3.63, 3.8) is 0 Å². The number of nitrogens with zero attached hydrogens (tertiary/aromatic N) is 3. The second-order valence-electron chi connectivity index (χ2n) is 7.11. The Bertz CT molecular complexity index is 813. The Kier molecular flexibility index (Phi) is 3.37. The summed E-state index contributed by atoms with van der Waals surface area (Å²) in [5.41, 5.74) is 3.81. The smallest absolute Gasteiger partial charge is 0.333 e. The molecule has 2 aliphatic rings. The molecule has 2 aromatic rings. The van der Waals surface area contributed by atoms with Crippen LogP contribution >= 0.6 is 0 Å². The molecule has 0 saturated heterocycles. The molecule has 2 unspecified atom stereocenters. The fourth-order valence-corrected chi connectivity index (χ4v) is 4.52. The number of rotatable bonds is 4. The molecule has 1 N–H and O–H groups in total. The quantitative estimate of drug-likeness (QED) is 0.691. The van der Waals surface area contributed by atoms with Crippen LogP contribution in [0.1, 0.15) is 36.1 Å². The maximum atomic E-state index is 11.3. The van der Waals surface area contributed by atoms with Gasteiger partial charge in [0.2, 0.25) is 5.82 Å². The third-order valence-electron chi connectivity index (χ3n) is 5.74. The van der Waals surface area contributed by atoms with Crippen molar-refractivity contribution in [1.82, 2.24) is 9.78 Å². The van der Waals surface area contributed by atoms with Crippen molar-refractivity contribution in [1.29, 1.82) is 0 Å². The molecule has 1 heterocycles. The van der Waals surface area contributed by atoms with Crippen LogP contribution in [0.3, 0.4) is 0 Å². The molecule has 1 saturated carbocycles. The molecule has 0 bridgehead atoms. The Morgan fingerprint density at radius 3 is 3.04 bits per heavy atom. The molecule has 1 fully saturated rings. The zero-order valence-electron chi connectivity index (χ0n) is 14.1. The van der Waals surface area contributed by atoms with Gasteiger partial charge in [0.25, 0.3) is 0 Å². The summed E-state index contributed by atoms with van der Waals surface area (Å²) >= 11 is 0. The first-order chi connectivity index (χ1) is 11.5. The molecule has 1 aromatic carbocycles. The van der Waals surface area contributed by atoms with Gasteiger partial charge in [0.05, 0.1) is 4.92 Å². The lowest BCUT2D eigenvalue weighted by Gasteiger charge is -2.26. The summed E-state index contributed by atoms with van der Waals surface area (Å²) in [6, 6.07) is 8.76. The minimum atomic E-state index is -0.344. The Hall–Kier alpha value is -2.37. The monoisotopic (exact) mass is 326 g/mol. The van der Waals surface area contributed by atoms with Crippen LogP contribution in [0.5, 0.6) is 0 Å². The Balaban J connectivity index is 1.53. The number of hydrogen-bond acceptors (Lipinski definition) is 4. The lowest BCUT2D eigenvalue weighted by Crippen LogP contribution is -2.21. The van der Waals surface area contributed by atoms with E-state index in [-0.39, 0.29) is 16.0 Å². The first-order valence-electron chi connectivity index (χ1n) is 8.53. The van der Waals surface area contributed by atoms with Crippen LogP contribution in [0, 0.1) is 23.0 Å². The minimum Gasteiger partial charge on any atom is -0.364 e. The van der Waals surface area contributed by atoms with Gasteiger partial charge in [-0.3, -0.25) is 10.1 Å². The minimum absolute atomic E-state index is 0.0937. The van der Waals surface area contributed by atoms with Crippen LogP contribution in [-0.2, 0) is 18.9 Å². The second-order valence-corrected chi connectivity index (χ2v) is 7.11. The van der Waals surface area contributed by atoms with Gasteiger partial charge in [-0.15, -0.1) is 0 Å². The molecule has 24 heavy (non-hydrogen) atoms. The van der Waals surface area contributed by atoms with E-state index in [1.54, 1.807) is 18.7 Å². The molecule has 0 aliphatic heterocycles. The summed E-state index contributed by atoms with van der Waals surface area (Å²) in [5.74, 6) is 1.05. The van der Waals surface area contributed by atoms with Crippen molar-refractivity contribution < 1.29 is 4.92 Å². The highest BCUT2D eigenvalue weighted by atomic mass is 16.6. The van der Waals surface area contributed by atoms with Gasteiger partial charge in [0.15, 0.2) is 0 Å². The highest BCUT2D eigenvalue weighted by Gasteiger charge is 2.56. The number of benzene rings is 1. The van der Waals surface area contributed by atoms with Crippen molar-refractivity contribution in [3.8, 4) is 0 Å². The van der Waals surface area contributed by atoms with Crippen molar-refractivity contribution in [2.75, 3.05) is 11.9 Å². The third-order valence-corrected chi connectivity index (χ3v) is 5.74. The van der Waals surface area contributed by atoms with Crippen LogP contribution in [0.2, 0.25) is 0 Å². The van der Waals surface area contributed by atoms with Gasteiger partial charge in [0, 0.05) is 19.0 Å². The van der Waals surface area contributed by atoms with Gasteiger partial charge < -0.3 is 5.32 Å². The van der Waals surface area contributed by atoms with Crippen LogP contribution in [0.25, 0.3) is 0 Å². The predicted octanol–water partition coefficient (Wildman–Crippen LogP) is 3.34. The van der Waals surface area contributed by atoms with Gasteiger partial charge in [0.1, 0.15) is 5.69 Å². The topological polar surface area (TPSA) is 73.0 Å². The Morgan fingerprint density at radius 2 is 2.25 bits per heavy atom. The van der Waals surface area contributed by atoms with E-state index in [1.165, 1.54) is 36.8 Å². The van der Waals surface area contributed by atoms with E-state index in [2.05, 4.69) is 34.7 Å². The van der Waals surface area contributed by atoms with E-state index in [0.29, 0.717) is 17.4 Å². The largest absolute Gasteiger partial charge is 0.364 e. The summed E-state index contributed by atoms with van der Waals surface area (Å²) in [5, 5.41) is 18.8. The van der Waals surface area contributed by atoms with E-state index >= 15 is 0 Å². The van der Waals surface area contributed by atoms with Crippen LogP contribution < -0.4 is 5.32 Å². The summed E-state index contributed by atoms with van der Waals surface area (Å²) in [6.07, 6.45) is 4.80. The zero-order chi connectivity index (χ0) is 16.9. The van der Waals surface area contributed by atoms with Gasteiger partial charge in [-0.2, -0.15) is 5.10 Å². The number of hydrogen-bond donors (Lipinski definition) is 1. The standard InChI is InChI=1S/C18H22N4O2/c1-12-16(22(23)24)17(21(2)20-12)19-11-14-10-18(14)9-5-7-13-6-3-4-8-15(13)18/h3-4,6,8,14,19H,5,7,9-11H2,1-2H3. The molecule has 1 aromatic heterocycles. The molecule has 2 aliphatic carbocycles. The van der Waals surface area contributed by atoms with E-state index in [1.807, 2.05) is 0 Å². The average Bonchev–Trinajstić information content (AvgIpc) is 3.15. The molecule has 0 amide bonds. The van der Waals surface area contributed by atoms with Crippen LogP contribution in [0.15, 0.2) is 24.3 Å².